The lowest BCUT2D eigenvalue weighted by atomic mass is 10.1. The zero-order valence-electron chi connectivity index (χ0n) is 9.59. The molecular weight excluding hydrogens is 258 g/mol. The number of nitro groups is 1. The molecule has 1 amide bonds. The van der Waals surface area contributed by atoms with Crippen LogP contribution >= 0.6 is 12.4 Å². The number of hydrogen-bond acceptors (Lipinski definition) is 4. The van der Waals surface area contributed by atoms with Crippen molar-refractivity contribution in [3.05, 3.63) is 39.9 Å². The van der Waals surface area contributed by atoms with Crippen LogP contribution in [0.5, 0.6) is 0 Å². The summed E-state index contributed by atoms with van der Waals surface area (Å²) in [4.78, 5) is 21.7. The first-order chi connectivity index (χ1) is 8.16. The van der Waals surface area contributed by atoms with E-state index >= 15 is 0 Å². The molecule has 0 radical (unpaired) electrons. The number of nitrogens with one attached hydrogen (secondary N) is 2. The maximum atomic E-state index is 11.8. The first-order valence-electron chi connectivity index (χ1n) is 5.43. The fourth-order valence-electron chi connectivity index (χ4n) is 1.78. The highest BCUT2D eigenvalue weighted by Gasteiger charge is 2.17. The molecule has 0 spiro atoms. The van der Waals surface area contributed by atoms with Gasteiger partial charge in [-0.15, -0.1) is 12.4 Å². The Morgan fingerprint density at radius 1 is 1.39 bits per heavy atom. The smallest absolute Gasteiger partial charge is 0.269 e. The number of nitro benzene ring substituents is 1. The van der Waals surface area contributed by atoms with Crippen molar-refractivity contribution in [2.24, 2.45) is 0 Å². The molecule has 0 saturated carbocycles. The van der Waals surface area contributed by atoms with E-state index in [0.717, 1.165) is 19.5 Å². The summed E-state index contributed by atoms with van der Waals surface area (Å²) < 4.78 is 0. The van der Waals surface area contributed by atoms with Gasteiger partial charge in [-0.25, -0.2) is 0 Å². The Balaban J connectivity index is 0.00000162. The number of carbonyl (C=O) groups excluding carboxylic acids is 1. The monoisotopic (exact) mass is 271 g/mol. The predicted molar refractivity (Wildman–Crippen MR) is 69.1 cm³/mol. The van der Waals surface area contributed by atoms with Crippen LogP contribution in [0.1, 0.15) is 16.8 Å². The molecule has 0 aliphatic carbocycles. The Morgan fingerprint density at radius 2 is 2.06 bits per heavy atom. The molecule has 1 fully saturated rings. The van der Waals surface area contributed by atoms with Crippen molar-refractivity contribution in [1.82, 2.24) is 10.6 Å². The maximum absolute atomic E-state index is 11.8. The summed E-state index contributed by atoms with van der Waals surface area (Å²) in [5.41, 5.74) is 0.437. The van der Waals surface area contributed by atoms with Gasteiger partial charge in [0.25, 0.3) is 11.6 Å². The number of halogens is 1. The fourth-order valence-corrected chi connectivity index (χ4v) is 1.78. The van der Waals surface area contributed by atoms with E-state index in [0.29, 0.717) is 5.56 Å². The second kappa shape index (κ2) is 6.32. The van der Waals surface area contributed by atoms with Gasteiger partial charge >= 0.3 is 0 Å². The van der Waals surface area contributed by atoms with Crippen LogP contribution in [0.3, 0.4) is 0 Å². The maximum Gasteiger partial charge on any atom is 0.269 e. The van der Waals surface area contributed by atoms with Crippen molar-refractivity contribution < 1.29 is 9.72 Å². The first-order valence-corrected chi connectivity index (χ1v) is 5.43. The molecule has 2 rings (SSSR count). The molecule has 6 nitrogen and oxygen atoms in total. The van der Waals surface area contributed by atoms with E-state index in [1.54, 1.807) is 0 Å². The predicted octanol–water partition coefficient (Wildman–Crippen LogP) is 1.11. The highest BCUT2D eigenvalue weighted by molar-refractivity contribution is 5.94. The van der Waals surface area contributed by atoms with Crippen molar-refractivity contribution in [2.45, 2.75) is 12.5 Å². The molecule has 18 heavy (non-hydrogen) atoms. The Bertz CT molecular complexity index is 430. The minimum atomic E-state index is -0.484. The van der Waals surface area contributed by atoms with Crippen molar-refractivity contribution >= 4 is 24.0 Å². The van der Waals surface area contributed by atoms with Gasteiger partial charge in [-0.3, -0.25) is 14.9 Å². The molecule has 1 saturated heterocycles. The third-order valence-electron chi connectivity index (χ3n) is 2.74. The summed E-state index contributed by atoms with van der Waals surface area (Å²) in [6.07, 6.45) is 0.915. The van der Waals surface area contributed by atoms with Gasteiger partial charge in [0.05, 0.1) is 4.92 Å². The molecule has 1 aliphatic rings. The zero-order chi connectivity index (χ0) is 12.3. The number of hydrogen-bond donors (Lipinski definition) is 2. The number of amides is 1. The van der Waals surface area contributed by atoms with Gasteiger partial charge in [-0.1, -0.05) is 0 Å². The van der Waals surface area contributed by atoms with Gasteiger partial charge in [0.15, 0.2) is 0 Å². The molecule has 0 bridgehead atoms. The SMILES string of the molecule is Cl.O=C(NC1CCNC1)c1ccc([N+](=O)[O-])cc1. The second-order valence-electron chi connectivity index (χ2n) is 3.97. The molecule has 2 N–H and O–H groups in total. The highest BCUT2D eigenvalue weighted by Crippen LogP contribution is 2.12. The Morgan fingerprint density at radius 3 is 2.56 bits per heavy atom. The van der Waals surface area contributed by atoms with Crippen molar-refractivity contribution in [1.29, 1.82) is 0 Å². The lowest BCUT2D eigenvalue weighted by Gasteiger charge is -2.10. The van der Waals surface area contributed by atoms with Crippen LogP contribution in [0.2, 0.25) is 0 Å². The van der Waals surface area contributed by atoms with Crippen LogP contribution < -0.4 is 10.6 Å². The molecule has 98 valence electrons. The topological polar surface area (TPSA) is 84.3 Å². The number of carbonyl (C=O) groups is 1. The van der Waals surface area contributed by atoms with E-state index < -0.39 is 4.92 Å². The molecule has 1 aromatic carbocycles. The van der Waals surface area contributed by atoms with E-state index in [-0.39, 0.29) is 30.0 Å². The zero-order valence-corrected chi connectivity index (χ0v) is 10.4. The largest absolute Gasteiger partial charge is 0.348 e. The molecule has 1 aromatic rings. The van der Waals surface area contributed by atoms with Gasteiger partial charge in [-0.2, -0.15) is 0 Å². The van der Waals surface area contributed by atoms with Crippen LogP contribution in [0, 0.1) is 10.1 Å². The van der Waals surface area contributed by atoms with Crippen LogP contribution in [-0.2, 0) is 0 Å². The van der Waals surface area contributed by atoms with Crippen molar-refractivity contribution in [3.63, 3.8) is 0 Å². The van der Waals surface area contributed by atoms with E-state index in [1.165, 1.54) is 24.3 Å². The summed E-state index contributed by atoms with van der Waals surface area (Å²) in [5, 5.41) is 16.5. The highest BCUT2D eigenvalue weighted by atomic mass is 35.5. The Hall–Kier alpha value is -1.66. The molecule has 1 unspecified atom stereocenters. The standard InChI is InChI=1S/C11H13N3O3.ClH/c15-11(13-9-5-6-12-7-9)8-1-3-10(4-2-8)14(16)17;/h1-4,9,12H,5-7H2,(H,13,15);1H. The van der Waals surface area contributed by atoms with E-state index in [9.17, 15) is 14.9 Å². The number of non-ortho nitro benzene ring substituents is 1. The van der Waals surface area contributed by atoms with Gasteiger partial charge < -0.3 is 10.6 Å². The second-order valence-corrected chi connectivity index (χ2v) is 3.97. The van der Waals surface area contributed by atoms with E-state index in [2.05, 4.69) is 10.6 Å². The average Bonchev–Trinajstić information content (AvgIpc) is 2.82. The van der Waals surface area contributed by atoms with Crippen molar-refractivity contribution in [3.8, 4) is 0 Å². The normalized spacial score (nSPS) is 17.9. The summed E-state index contributed by atoms with van der Waals surface area (Å²) in [7, 11) is 0. The molecule has 1 heterocycles. The van der Waals surface area contributed by atoms with Crippen LogP contribution in [0.4, 0.5) is 5.69 Å². The Labute approximate surface area is 110 Å². The summed E-state index contributed by atoms with van der Waals surface area (Å²) in [6, 6.07) is 5.76. The quantitative estimate of drug-likeness (QED) is 0.637. The molecule has 1 aliphatic heterocycles. The molecule has 1 atom stereocenters. The van der Waals surface area contributed by atoms with Crippen molar-refractivity contribution in [2.75, 3.05) is 13.1 Å². The fraction of sp³-hybridized carbons (Fsp3) is 0.364. The number of nitrogens with zero attached hydrogens (tertiary/aromatic N) is 1. The van der Waals surface area contributed by atoms with Gasteiger partial charge in [0.2, 0.25) is 0 Å². The van der Waals surface area contributed by atoms with Crippen LogP contribution in [-0.4, -0.2) is 30.0 Å². The lowest BCUT2D eigenvalue weighted by Crippen LogP contribution is -2.36. The Kier molecular flexibility index (Phi) is 5.06. The summed E-state index contributed by atoms with van der Waals surface area (Å²) in [6.45, 7) is 1.68. The molecule has 0 aromatic heterocycles. The third-order valence-corrected chi connectivity index (χ3v) is 2.74. The van der Waals surface area contributed by atoms with E-state index in [1.807, 2.05) is 0 Å². The average molecular weight is 272 g/mol. The third kappa shape index (κ3) is 3.41. The van der Waals surface area contributed by atoms with Gasteiger partial charge in [0.1, 0.15) is 0 Å². The van der Waals surface area contributed by atoms with Gasteiger partial charge in [-0.05, 0) is 25.1 Å². The minimum Gasteiger partial charge on any atom is -0.348 e. The van der Waals surface area contributed by atoms with Crippen LogP contribution in [0.15, 0.2) is 24.3 Å². The van der Waals surface area contributed by atoms with Gasteiger partial charge in [0, 0.05) is 30.3 Å². The summed E-state index contributed by atoms with van der Waals surface area (Å²) >= 11 is 0. The summed E-state index contributed by atoms with van der Waals surface area (Å²) in [5.74, 6) is -0.186. The lowest BCUT2D eigenvalue weighted by molar-refractivity contribution is -0.384. The molecule has 7 heteroatoms. The molecular formula is C11H14ClN3O3. The van der Waals surface area contributed by atoms with E-state index in [4.69, 9.17) is 0 Å². The number of rotatable bonds is 3. The van der Waals surface area contributed by atoms with Crippen LogP contribution in [0.25, 0.3) is 0 Å². The first kappa shape index (κ1) is 14.4. The number of benzene rings is 1. The minimum absolute atomic E-state index is 0.